The summed E-state index contributed by atoms with van der Waals surface area (Å²) in [6.07, 6.45) is 4.74. The van der Waals surface area contributed by atoms with Crippen molar-refractivity contribution in [2.45, 2.75) is 32.7 Å². The van der Waals surface area contributed by atoms with Gasteiger partial charge in [-0.2, -0.15) is 0 Å². The fraction of sp³-hybridized carbons (Fsp3) is 0.667. The average Bonchev–Trinajstić information content (AvgIpc) is 3.30. The topological polar surface area (TPSA) is 65.5 Å². The Labute approximate surface area is 134 Å². The van der Waals surface area contributed by atoms with Crippen molar-refractivity contribution in [3.05, 3.63) is 16.1 Å². The molecule has 0 atom stereocenters. The molecule has 1 aromatic heterocycles. The van der Waals surface area contributed by atoms with E-state index in [1.165, 1.54) is 0 Å². The van der Waals surface area contributed by atoms with Crippen molar-refractivity contribution in [1.29, 1.82) is 0 Å². The molecule has 2 aliphatic rings. The zero-order valence-corrected chi connectivity index (χ0v) is 13.7. The molecule has 1 aromatic rings. The minimum atomic E-state index is -0.0615. The number of carbonyl (C=O) groups excluding carboxylic acids is 2. The minimum Gasteiger partial charge on any atom is -0.341 e. The Hall–Kier alpha value is -1.63. The molecule has 0 spiro atoms. The van der Waals surface area contributed by atoms with Gasteiger partial charge in [0.05, 0.1) is 6.54 Å². The average molecular weight is 322 g/mol. The highest BCUT2D eigenvalue weighted by Crippen LogP contribution is 2.31. The zero-order valence-electron chi connectivity index (χ0n) is 12.9. The highest BCUT2D eigenvalue weighted by atomic mass is 32.1. The van der Waals surface area contributed by atoms with Crippen molar-refractivity contribution in [2.24, 2.45) is 5.92 Å². The number of amides is 3. The van der Waals surface area contributed by atoms with Crippen LogP contribution in [0.5, 0.6) is 0 Å². The minimum absolute atomic E-state index is 0.0615. The van der Waals surface area contributed by atoms with Crippen LogP contribution >= 0.6 is 11.3 Å². The molecular formula is C15H22N4O2S. The van der Waals surface area contributed by atoms with Gasteiger partial charge in [0, 0.05) is 43.2 Å². The fourth-order valence-electron chi connectivity index (χ4n) is 2.68. The number of hydrogen-bond donors (Lipinski definition) is 1. The lowest BCUT2D eigenvalue weighted by Gasteiger charge is -2.22. The molecule has 0 aromatic carbocycles. The summed E-state index contributed by atoms with van der Waals surface area (Å²) in [5.41, 5.74) is 0. The van der Waals surface area contributed by atoms with Gasteiger partial charge < -0.3 is 15.1 Å². The molecule has 0 radical (unpaired) electrons. The fourth-order valence-corrected chi connectivity index (χ4v) is 3.40. The van der Waals surface area contributed by atoms with Crippen LogP contribution in [0.3, 0.4) is 0 Å². The van der Waals surface area contributed by atoms with Crippen molar-refractivity contribution >= 4 is 23.3 Å². The SMILES string of the molecule is Cc1cnc(CNC(=O)N2CCCN(C(=O)C3CC3)CC2)s1. The standard InChI is InChI=1S/C15H22N4O2S/c1-11-9-16-13(22-11)10-17-15(21)19-6-2-5-18(7-8-19)14(20)12-3-4-12/h9,12H,2-8,10H2,1H3,(H,17,21). The summed E-state index contributed by atoms with van der Waals surface area (Å²) in [5.74, 6) is 0.536. The van der Waals surface area contributed by atoms with Crippen molar-refractivity contribution in [3.8, 4) is 0 Å². The summed E-state index contributed by atoms with van der Waals surface area (Å²) in [6.45, 7) is 5.21. The highest BCUT2D eigenvalue weighted by molar-refractivity contribution is 7.11. The molecule has 6 nitrogen and oxygen atoms in total. The number of rotatable bonds is 3. The van der Waals surface area contributed by atoms with Gasteiger partial charge in [-0.25, -0.2) is 9.78 Å². The number of thiazole rings is 1. The molecule has 2 fully saturated rings. The van der Waals surface area contributed by atoms with Gasteiger partial charge in [-0.1, -0.05) is 0 Å². The number of aryl methyl sites for hydroxylation is 1. The van der Waals surface area contributed by atoms with Crippen molar-refractivity contribution in [1.82, 2.24) is 20.1 Å². The monoisotopic (exact) mass is 322 g/mol. The van der Waals surface area contributed by atoms with Gasteiger partial charge >= 0.3 is 6.03 Å². The maximum absolute atomic E-state index is 12.2. The lowest BCUT2D eigenvalue weighted by atomic mass is 10.3. The molecule has 3 amide bonds. The summed E-state index contributed by atoms with van der Waals surface area (Å²) in [4.78, 5) is 33.5. The van der Waals surface area contributed by atoms with Crippen LogP contribution in [0.1, 0.15) is 29.1 Å². The predicted molar refractivity (Wildman–Crippen MR) is 84.6 cm³/mol. The second-order valence-electron chi connectivity index (χ2n) is 5.96. The summed E-state index contributed by atoms with van der Waals surface area (Å²) in [7, 11) is 0. The maximum Gasteiger partial charge on any atom is 0.317 e. The van der Waals surface area contributed by atoms with Crippen molar-refractivity contribution in [3.63, 3.8) is 0 Å². The molecule has 2 heterocycles. The number of aromatic nitrogens is 1. The largest absolute Gasteiger partial charge is 0.341 e. The van der Waals surface area contributed by atoms with E-state index >= 15 is 0 Å². The second kappa shape index (κ2) is 6.64. The Morgan fingerprint density at radius 2 is 2.00 bits per heavy atom. The zero-order chi connectivity index (χ0) is 15.5. The van der Waals surface area contributed by atoms with Crippen LogP contribution in [0, 0.1) is 12.8 Å². The van der Waals surface area contributed by atoms with Gasteiger partial charge in [-0.05, 0) is 26.2 Å². The van der Waals surface area contributed by atoms with E-state index in [1.807, 2.05) is 18.0 Å². The van der Waals surface area contributed by atoms with Crippen LogP contribution in [0.15, 0.2) is 6.20 Å². The summed E-state index contributed by atoms with van der Waals surface area (Å²) < 4.78 is 0. The first kappa shape index (κ1) is 15.3. The molecule has 3 rings (SSSR count). The van der Waals surface area contributed by atoms with E-state index in [0.29, 0.717) is 26.2 Å². The Bertz CT molecular complexity index is 555. The van der Waals surface area contributed by atoms with E-state index in [9.17, 15) is 9.59 Å². The van der Waals surface area contributed by atoms with Gasteiger partial charge in [-0.15, -0.1) is 11.3 Å². The van der Waals surface area contributed by atoms with Gasteiger partial charge in [-0.3, -0.25) is 4.79 Å². The summed E-state index contributed by atoms with van der Waals surface area (Å²) in [6, 6.07) is -0.0615. The number of hydrogen-bond acceptors (Lipinski definition) is 4. The highest BCUT2D eigenvalue weighted by Gasteiger charge is 2.34. The second-order valence-corrected chi connectivity index (χ2v) is 7.28. The molecular weight excluding hydrogens is 300 g/mol. The normalized spacial score (nSPS) is 19.0. The van der Waals surface area contributed by atoms with E-state index < -0.39 is 0 Å². The van der Waals surface area contributed by atoms with Crippen LogP contribution in [0.2, 0.25) is 0 Å². The van der Waals surface area contributed by atoms with Crippen LogP contribution in [-0.2, 0) is 11.3 Å². The summed E-state index contributed by atoms with van der Waals surface area (Å²) >= 11 is 1.60. The third-order valence-corrected chi connectivity index (χ3v) is 4.99. The lowest BCUT2D eigenvalue weighted by Crippen LogP contribution is -2.42. The molecule has 1 N–H and O–H groups in total. The van der Waals surface area contributed by atoms with Crippen molar-refractivity contribution < 1.29 is 9.59 Å². The number of carbonyl (C=O) groups is 2. The molecule has 1 aliphatic carbocycles. The van der Waals surface area contributed by atoms with Crippen molar-refractivity contribution in [2.75, 3.05) is 26.2 Å². The third kappa shape index (κ3) is 3.76. The molecule has 120 valence electrons. The first-order chi connectivity index (χ1) is 10.6. The third-order valence-electron chi connectivity index (χ3n) is 4.08. The smallest absolute Gasteiger partial charge is 0.317 e. The van der Waals surface area contributed by atoms with E-state index in [4.69, 9.17) is 0 Å². The van der Waals surface area contributed by atoms with Gasteiger partial charge in [0.25, 0.3) is 0 Å². The van der Waals surface area contributed by atoms with Crippen LogP contribution < -0.4 is 5.32 Å². The lowest BCUT2D eigenvalue weighted by molar-refractivity contribution is -0.132. The molecule has 0 bridgehead atoms. The molecule has 1 aliphatic heterocycles. The van der Waals surface area contributed by atoms with E-state index in [0.717, 1.165) is 35.7 Å². The number of urea groups is 1. The first-order valence-electron chi connectivity index (χ1n) is 7.86. The number of nitrogens with one attached hydrogen (secondary N) is 1. The van der Waals surface area contributed by atoms with Gasteiger partial charge in [0.15, 0.2) is 0 Å². The first-order valence-corrected chi connectivity index (χ1v) is 8.68. The van der Waals surface area contributed by atoms with E-state index in [-0.39, 0.29) is 17.9 Å². The predicted octanol–water partition coefficient (Wildman–Crippen LogP) is 1.61. The van der Waals surface area contributed by atoms with Gasteiger partial charge in [0.1, 0.15) is 5.01 Å². The molecule has 7 heteroatoms. The Balaban J connectivity index is 1.47. The quantitative estimate of drug-likeness (QED) is 0.919. The maximum atomic E-state index is 12.2. The van der Waals surface area contributed by atoms with Crippen LogP contribution in [-0.4, -0.2) is 52.9 Å². The Morgan fingerprint density at radius 1 is 1.27 bits per heavy atom. The Kier molecular flexibility index (Phi) is 4.61. The van der Waals surface area contributed by atoms with Gasteiger partial charge in [0.2, 0.25) is 5.91 Å². The van der Waals surface area contributed by atoms with E-state index in [2.05, 4.69) is 10.3 Å². The van der Waals surface area contributed by atoms with Crippen LogP contribution in [0.25, 0.3) is 0 Å². The molecule has 1 saturated carbocycles. The molecule has 1 saturated heterocycles. The molecule has 22 heavy (non-hydrogen) atoms. The molecule has 0 unspecified atom stereocenters. The van der Waals surface area contributed by atoms with Crippen LogP contribution in [0.4, 0.5) is 4.79 Å². The Morgan fingerprint density at radius 3 is 2.68 bits per heavy atom. The van der Waals surface area contributed by atoms with E-state index in [1.54, 1.807) is 16.2 Å². The number of nitrogens with zero attached hydrogens (tertiary/aromatic N) is 3. The summed E-state index contributed by atoms with van der Waals surface area (Å²) in [5, 5.41) is 3.84.